The number of hydrogen-bond donors (Lipinski definition) is 2. The zero-order chi connectivity index (χ0) is 10.8. The first kappa shape index (κ1) is 13.2. The fourth-order valence-electron chi connectivity index (χ4n) is 1.30. The Bertz CT molecular complexity index is 175. The van der Waals surface area contributed by atoms with Crippen molar-refractivity contribution in [1.82, 2.24) is 0 Å². The minimum atomic E-state index is -0.769. The van der Waals surface area contributed by atoms with Crippen LogP contribution in [0.3, 0.4) is 0 Å². The molecular weight excluding hydrogens is 180 g/mol. The summed E-state index contributed by atoms with van der Waals surface area (Å²) >= 11 is 0. The van der Waals surface area contributed by atoms with Gasteiger partial charge < -0.3 is 10.2 Å². The van der Waals surface area contributed by atoms with Gasteiger partial charge in [-0.3, -0.25) is 4.79 Å². The van der Waals surface area contributed by atoms with Crippen LogP contribution in [0, 0.1) is 5.92 Å². The molecule has 0 fully saturated rings. The van der Waals surface area contributed by atoms with Crippen molar-refractivity contribution in [3.05, 3.63) is 12.2 Å². The van der Waals surface area contributed by atoms with E-state index in [1.807, 2.05) is 12.2 Å². The van der Waals surface area contributed by atoms with Crippen molar-refractivity contribution in [3.63, 3.8) is 0 Å². The maximum absolute atomic E-state index is 10.5. The molecule has 0 rings (SSSR count). The van der Waals surface area contributed by atoms with E-state index in [1.54, 1.807) is 0 Å². The van der Waals surface area contributed by atoms with E-state index in [1.165, 1.54) is 0 Å². The number of allylic oxidation sites excluding steroid dienone is 2. The second-order valence-electron chi connectivity index (χ2n) is 3.44. The topological polar surface area (TPSA) is 57.5 Å². The standard InChI is InChI=1S/C11H20O3/c1-2-3-4-6-10(7-5-8-12)9-11(13)14/h4,6,10,12H,2-3,5,7-9H2,1H3,(H,13,14). The number of aliphatic hydroxyl groups excluding tert-OH is 1. The van der Waals surface area contributed by atoms with E-state index in [2.05, 4.69) is 6.92 Å². The maximum atomic E-state index is 10.5. The average molecular weight is 200 g/mol. The fourth-order valence-corrected chi connectivity index (χ4v) is 1.30. The molecule has 0 saturated heterocycles. The van der Waals surface area contributed by atoms with E-state index in [4.69, 9.17) is 10.2 Å². The van der Waals surface area contributed by atoms with Crippen LogP contribution in [0.4, 0.5) is 0 Å². The zero-order valence-corrected chi connectivity index (χ0v) is 8.78. The summed E-state index contributed by atoms with van der Waals surface area (Å²) < 4.78 is 0. The molecule has 3 nitrogen and oxygen atoms in total. The van der Waals surface area contributed by atoms with Crippen molar-refractivity contribution in [2.45, 2.75) is 39.0 Å². The van der Waals surface area contributed by atoms with Crippen molar-refractivity contribution in [3.8, 4) is 0 Å². The van der Waals surface area contributed by atoms with E-state index in [9.17, 15) is 4.79 Å². The highest BCUT2D eigenvalue weighted by atomic mass is 16.4. The minimum absolute atomic E-state index is 0.0752. The van der Waals surface area contributed by atoms with Gasteiger partial charge in [-0.1, -0.05) is 25.5 Å². The molecule has 1 unspecified atom stereocenters. The van der Waals surface area contributed by atoms with Gasteiger partial charge in [0.1, 0.15) is 0 Å². The molecule has 0 radical (unpaired) electrons. The summed E-state index contributed by atoms with van der Waals surface area (Å²) in [7, 11) is 0. The largest absolute Gasteiger partial charge is 0.481 e. The smallest absolute Gasteiger partial charge is 0.303 e. The molecule has 0 saturated carbocycles. The van der Waals surface area contributed by atoms with Crippen LogP contribution in [0.15, 0.2) is 12.2 Å². The van der Waals surface area contributed by atoms with E-state index in [0.717, 1.165) is 19.3 Å². The summed E-state index contributed by atoms with van der Waals surface area (Å²) in [6, 6.07) is 0. The Morgan fingerprint density at radius 3 is 2.71 bits per heavy atom. The summed E-state index contributed by atoms with van der Waals surface area (Å²) in [6.07, 6.45) is 7.67. The molecule has 2 N–H and O–H groups in total. The monoisotopic (exact) mass is 200 g/mol. The maximum Gasteiger partial charge on any atom is 0.303 e. The Hall–Kier alpha value is -0.830. The lowest BCUT2D eigenvalue weighted by Crippen LogP contribution is -2.06. The van der Waals surface area contributed by atoms with Crippen molar-refractivity contribution in [1.29, 1.82) is 0 Å². The number of carbonyl (C=O) groups is 1. The number of aliphatic carboxylic acids is 1. The summed E-state index contributed by atoms with van der Waals surface area (Å²) in [5, 5.41) is 17.3. The SMILES string of the molecule is CCCC=CC(CCCO)CC(=O)O. The van der Waals surface area contributed by atoms with Gasteiger partial charge in [0.25, 0.3) is 0 Å². The van der Waals surface area contributed by atoms with Gasteiger partial charge in [-0.05, 0) is 25.2 Å². The first-order valence-electron chi connectivity index (χ1n) is 5.20. The van der Waals surface area contributed by atoms with Crippen LogP contribution in [0.1, 0.15) is 39.0 Å². The van der Waals surface area contributed by atoms with Crippen molar-refractivity contribution < 1.29 is 15.0 Å². The Morgan fingerprint density at radius 1 is 1.50 bits per heavy atom. The lowest BCUT2D eigenvalue weighted by molar-refractivity contribution is -0.137. The lowest BCUT2D eigenvalue weighted by atomic mass is 9.98. The van der Waals surface area contributed by atoms with Gasteiger partial charge in [0.05, 0.1) is 6.42 Å². The third-order valence-corrected chi connectivity index (χ3v) is 2.03. The summed E-state index contributed by atoms with van der Waals surface area (Å²) in [5.74, 6) is -0.694. The summed E-state index contributed by atoms with van der Waals surface area (Å²) in [6.45, 7) is 2.22. The van der Waals surface area contributed by atoms with Gasteiger partial charge >= 0.3 is 5.97 Å². The predicted molar refractivity (Wildman–Crippen MR) is 56.1 cm³/mol. The molecule has 3 heteroatoms. The van der Waals surface area contributed by atoms with Crippen LogP contribution in [-0.2, 0) is 4.79 Å². The molecule has 0 spiro atoms. The van der Waals surface area contributed by atoms with Gasteiger partial charge in [0, 0.05) is 6.61 Å². The number of aliphatic hydroxyl groups is 1. The normalized spacial score (nSPS) is 13.3. The molecular formula is C11H20O3. The van der Waals surface area contributed by atoms with Crippen LogP contribution >= 0.6 is 0 Å². The molecule has 14 heavy (non-hydrogen) atoms. The molecule has 0 aromatic rings. The molecule has 0 heterocycles. The highest BCUT2D eigenvalue weighted by Gasteiger charge is 2.08. The van der Waals surface area contributed by atoms with Crippen molar-refractivity contribution >= 4 is 5.97 Å². The zero-order valence-electron chi connectivity index (χ0n) is 8.78. The van der Waals surface area contributed by atoms with Crippen LogP contribution in [0.5, 0.6) is 0 Å². The molecule has 1 atom stereocenters. The van der Waals surface area contributed by atoms with Gasteiger partial charge in [0.2, 0.25) is 0 Å². The molecule has 0 aromatic carbocycles. The quantitative estimate of drug-likeness (QED) is 0.590. The van der Waals surface area contributed by atoms with Gasteiger partial charge in [0.15, 0.2) is 0 Å². The number of rotatable bonds is 8. The molecule has 0 amide bonds. The average Bonchev–Trinajstić information content (AvgIpc) is 2.13. The van der Waals surface area contributed by atoms with Gasteiger partial charge in [-0.25, -0.2) is 0 Å². The summed E-state index contributed by atoms with van der Waals surface area (Å²) in [5.41, 5.74) is 0. The van der Waals surface area contributed by atoms with E-state index in [0.29, 0.717) is 6.42 Å². The third-order valence-electron chi connectivity index (χ3n) is 2.03. The Kier molecular flexibility index (Phi) is 8.24. The van der Waals surface area contributed by atoms with Gasteiger partial charge in [-0.15, -0.1) is 0 Å². The number of carboxylic acids is 1. The van der Waals surface area contributed by atoms with Crippen LogP contribution in [0.25, 0.3) is 0 Å². The van der Waals surface area contributed by atoms with Crippen LogP contribution in [-0.4, -0.2) is 22.8 Å². The predicted octanol–water partition coefficient (Wildman–Crippen LogP) is 2.21. The number of hydrogen-bond acceptors (Lipinski definition) is 2. The first-order valence-corrected chi connectivity index (χ1v) is 5.20. The van der Waals surface area contributed by atoms with Gasteiger partial charge in [-0.2, -0.15) is 0 Å². The second kappa shape index (κ2) is 8.75. The highest BCUT2D eigenvalue weighted by Crippen LogP contribution is 2.13. The number of unbranched alkanes of at least 4 members (excludes halogenated alkanes) is 1. The van der Waals surface area contributed by atoms with Crippen LogP contribution in [0.2, 0.25) is 0 Å². The van der Waals surface area contributed by atoms with E-state index >= 15 is 0 Å². The molecule has 0 aliphatic carbocycles. The first-order chi connectivity index (χ1) is 6.70. The van der Waals surface area contributed by atoms with Crippen LogP contribution < -0.4 is 0 Å². The van der Waals surface area contributed by atoms with E-state index < -0.39 is 5.97 Å². The Morgan fingerprint density at radius 2 is 2.21 bits per heavy atom. The van der Waals surface area contributed by atoms with Crippen molar-refractivity contribution in [2.24, 2.45) is 5.92 Å². The minimum Gasteiger partial charge on any atom is -0.481 e. The molecule has 0 aliphatic heterocycles. The summed E-state index contributed by atoms with van der Waals surface area (Å²) in [4.78, 5) is 10.5. The van der Waals surface area contributed by atoms with Crippen molar-refractivity contribution in [2.75, 3.05) is 6.61 Å². The lowest BCUT2D eigenvalue weighted by Gasteiger charge is -2.08. The molecule has 0 bridgehead atoms. The molecule has 0 aliphatic rings. The third kappa shape index (κ3) is 7.80. The Labute approximate surface area is 85.4 Å². The molecule has 82 valence electrons. The molecule has 0 aromatic heterocycles. The second-order valence-corrected chi connectivity index (χ2v) is 3.44. The Balaban J connectivity index is 3.89. The number of carboxylic acid groups (broad SMARTS) is 1. The highest BCUT2D eigenvalue weighted by molar-refractivity contribution is 5.67. The van der Waals surface area contributed by atoms with E-state index in [-0.39, 0.29) is 18.9 Å². The fraction of sp³-hybridized carbons (Fsp3) is 0.727.